The number of rotatable bonds is 4. The van der Waals surface area contributed by atoms with Gasteiger partial charge in [-0.2, -0.15) is 18.3 Å². The molecule has 4 rings (SSSR count). The molecule has 2 heterocycles. The molecule has 3 aromatic rings. The summed E-state index contributed by atoms with van der Waals surface area (Å²) in [5.41, 5.74) is -2.36. The summed E-state index contributed by atoms with van der Waals surface area (Å²) in [6, 6.07) is 6.38. The molecule has 0 spiro atoms. The van der Waals surface area contributed by atoms with Gasteiger partial charge in [-0.1, -0.05) is 6.07 Å². The number of hydrogen-bond acceptors (Lipinski definition) is 3. The van der Waals surface area contributed by atoms with E-state index in [-0.39, 0.29) is 17.9 Å². The van der Waals surface area contributed by atoms with Crippen LogP contribution in [0.2, 0.25) is 0 Å². The van der Waals surface area contributed by atoms with Crippen molar-refractivity contribution in [2.45, 2.75) is 24.7 Å². The highest BCUT2D eigenvalue weighted by Gasteiger charge is 2.54. The van der Waals surface area contributed by atoms with Crippen LogP contribution in [0.4, 0.5) is 22.0 Å². The lowest BCUT2D eigenvalue weighted by Crippen LogP contribution is -2.34. The second-order valence-electron chi connectivity index (χ2n) is 6.75. The first-order valence-electron chi connectivity index (χ1n) is 8.57. The van der Waals surface area contributed by atoms with Crippen LogP contribution in [-0.2, 0) is 16.5 Å². The Balaban J connectivity index is 1.67. The average molecular weight is 411 g/mol. The minimum Gasteiger partial charge on any atom is -0.362 e. The fraction of sp³-hybridized carbons (Fsp3) is 0.263. The number of epoxide rings is 1. The van der Waals surface area contributed by atoms with E-state index in [1.54, 1.807) is 6.92 Å². The summed E-state index contributed by atoms with van der Waals surface area (Å²) in [6.07, 6.45) is -3.32. The van der Waals surface area contributed by atoms with Gasteiger partial charge in [0.15, 0.2) is 0 Å². The lowest BCUT2D eigenvalue weighted by atomic mass is 9.92. The molecule has 29 heavy (non-hydrogen) atoms. The van der Waals surface area contributed by atoms with E-state index in [0.717, 1.165) is 45.6 Å². The molecule has 0 radical (unpaired) electrons. The second kappa shape index (κ2) is 6.51. The van der Waals surface area contributed by atoms with Gasteiger partial charge in [0.2, 0.25) is 0 Å². The van der Waals surface area contributed by atoms with Gasteiger partial charge in [-0.05, 0) is 37.3 Å². The zero-order valence-electron chi connectivity index (χ0n) is 15.0. The van der Waals surface area contributed by atoms with Gasteiger partial charge in [0.1, 0.15) is 23.6 Å². The zero-order valence-corrected chi connectivity index (χ0v) is 15.0. The maximum atomic E-state index is 14.2. The third-order valence-electron chi connectivity index (χ3n) is 5.05. The number of halogens is 5. The Morgan fingerprint density at radius 3 is 2.34 bits per heavy atom. The number of benzene rings is 2. The summed E-state index contributed by atoms with van der Waals surface area (Å²) in [6.45, 7) is 1.71. The molecule has 10 heteroatoms. The summed E-state index contributed by atoms with van der Waals surface area (Å²) in [5, 5.41) is 4.01. The maximum Gasteiger partial charge on any atom is 0.416 e. The lowest BCUT2D eigenvalue weighted by Gasteiger charge is -2.20. The largest absolute Gasteiger partial charge is 0.416 e. The van der Waals surface area contributed by atoms with Crippen LogP contribution in [-0.4, -0.2) is 21.0 Å². The van der Waals surface area contributed by atoms with Crippen molar-refractivity contribution in [3.05, 3.63) is 82.0 Å². The molecule has 5 nitrogen and oxygen atoms in total. The van der Waals surface area contributed by atoms with Crippen LogP contribution in [0.1, 0.15) is 24.1 Å². The SMILES string of the molecule is C[C@@H](n1ncn(-c2ccc(C(F)(F)F)cc2)c1=O)[C@@]1(c2ccc(F)cc2F)CO1. The number of nitrogens with zero attached hydrogens (tertiary/aromatic N) is 3. The van der Waals surface area contributed by atoms with E-state index >= 15 is 0 Å². The minimum atomic E-state index is -4.49. The molecule has 152 valence electrons. The first-order chi connectivity index (χ1) is 13.6. The number of aromatic nitrogens is 3. The van der Waals surface area contributed by atoms with Crippen LogP contribution >= 0.6 is 0 Å². The summed E-state index contributed by atoms with van der Waals surface area (Å²) in [5.74, 6) is -1.54. The number of hydrogen-bond donors (Lipinski definition) is 0. The first-order valence-corrected chi connectivity index (χ1v) is 8.57. The fourth-order valence-electron chi connectivity index (χ4n) is 3.30. The Morgan fingerprint density at radius 1 is 1.14 bits per heavy atom. The van der Waals surface area contributed by atoms with Crippen molar-refractivity contribution in [3.63, 3.8) is 0 Å². The van der Waals surface area contributed by atoms with E-state index < -0.39 is 40.7 Å². The maximum absolute atomic E-state index is 14.2. The number of alkyl halides is 3. The van der Waals surface area contributed by atoms with Crippen LogP contribution in [0.25, 0.3) is 5.69 Å². The van der Waals surface area contributed by atoms with Crippen LogP contribution in [0.5, 0.6) is 0 Å². The molecule has 0 saturated carbocycles. The highest BCUT2D eigenvalue weighted by molar-refractivity contribution is 5.35. The Labute approximate surface area is 161 Å². The molecule has 1 fully saturated rings. The van der Waals surface area contributed by atoms with E-state index in [1.807, 2.05) is 0 Å². The molecule has 1 aliphatic rings. The summed E-state index contributed by atoms with van der Waals surface area (Å²) in [4.78, 5) is 12.8. The van der Waals surface area contributed by atoms with Gasteiger partial charge in [-0.15, -0.1) is 0 Å². The van der Waals surface area contributed by atoms with Crippen LogP contribution in [0, 0.1) is 11.6 Å². The van der Waals surface area contributed by atoms with Gasteiger partial charge >= 0.3 is 11.9 Å². The molecule has 2 aromatic carbocycles. The Morgan fingerprint density at radius 2 is 1.79 bits per heavy atom. The minimum absolute atomic E-state index is 0.0994. The van der Waals surface area contributed by atoms with Gasteiger partial charge in [-0.3, -0.25) is 0 Å². The molecule has 0 bridgehead atoms. The molecule has 0 N–H and O–H groups in total. The Kier molecular flexibility index (Phi) is 4.34. The first kappa shape index (κ1) is 19.3. The quantitative estimate of drug-likeness (QED) is 0.485. The molecule has 1 aliphatic heterocycles. The van der Waals surface area contributed by atoms with Crippen molar-refractivity contribution in [3.8, 4) is 5.69 Å². The van der Waals surface area contributed by atoms with E-state index in [0.29, 0.717) is 0 Å². The third kappa shape index (κ3) is 3.23. The monoisotopic (exact) mass is 411 g/mol. The molecule has 0 aliphatic carbocycles. The van der Waals surface area contributed by atoms with E-state index in [2.05, 4.69) is 5.10 Å². The van der Waals surface area contributed by atoms with Crippen molar-refractivity contribution < 1.29 is 26.7 Å². The zero-order chi connectivity index (χ0) is 21.0. The smallest absolute Gasteiger partial charge is 0.362 e. The molecular weight excluding hydrogens is 397 g/mol. The third-order valence-corrected chi connectivity index (χ3v) is 5.05. The standard InChI is InChI=1S/C19H14F5N3O2/c1-11(18(9-29-18)15-7-4-13(20)8-16(15)21)27-17(28)26(10-25-27)14-5-2-12(3-6-14)19(22,23)24/h2-8,10-11H,9H2,1H3/t11-,18-/m1/s1. The van der Waals surface area contributed by atoms with Gasteiger partial charge in [0.25, 0.3) is 0 Å². The van der Waals surface area contributed by atoms with Gasteiger partial charge in [0, 0.05) is 11.6 Å². The number of ether oxygens (including phenoxy) is 1. The van der Waals surface area contributed by atoms with E-state index in [4.69, 9.17) is 4.74 Å². The van der Waals surface area contributed by atoms with Gasteiger partial charge in [-0.25, -0.2) is 22.8 Å². The second-order valence-corrected chi connectivity index (χ2v) is 6.75. The van der Waals surface area contributed by atoms with Crippen molar-refractivity contribution in [2.75, 3.05) is 6.61 Å². The summed E-state index contributed by atoms with van der Waals surface area (Å²) < 4.78 is 73.2. The van der Waals surface area contributed by atoms with E-state index in [9.17, 15) is 26.7 Å². The van der Waals surface area contributed by atoms with Crippen LogP contribution < -0.4 is 5.69 Å². The van der Waals surface area contributed by atoms with Crippen LogP contribution in [0.15, 0.2) is 53.6 Å². The lowest BCUT2D eigenvalue weighted by molar-refractivity contribution is -0.137. The topological polar surface area (TPSA) is 52.4 Å². The predicted octanol–water partition coefficient (Wildman–Crippen LogP) is 3.82. The van der Waals surface area contributed by atoms with Crippen LogP contribution in [0.3, 0.4) is 0 Å². The summed E-state index contributed by atoms with van der Waals surface area (Å²) >= 11 is 0. The molecule has 1 aromatic heterocycles. The highest BCUT2D eigenvalue weighted by atomic mass is 19.4. The van der Waals surface area contributed by atoms with Gasteiger partial charge < -0.3 is 4.74 Å². The van der Waals surface area contributed by atoms with E-state index in [1.165, 1.54) is 12.4 Å². The highest BCUT2D eigenvalue weighted by Crippen LogP contribution is 2.48. The van der Waals surface area contributed by atoms with Crippen molar-refractivity contribution >= 4 is 0 Å². The Bertz CT molecular complexity index is 1110. The summed E-state index contributed by atoms with van der Waals surface area (Å²) in [7, 11) is 0. The normalized spacial score (nSPS) is 19.9. The van der Waals surface area contributed by atoms with Crippen molar-refractivity contribution in [1.29, 1.82) is 0 Å². The molecular formula is C19H14F5N3O2. The average Bonchev–Trinajstić information content (AvgIpc) is 3.37. The Hall–Kier alpha value is -3.01. The molecule has 2 atom stereocenters. The predicted molar refractivity (Wildman–Crippen MR) is 91.5 cm³/mol. The van der Waals surface area contributed by atoms with Crippen molar-refractivity contribution in [1.82, 2.24) is 14.3 Å². The molecule has 0 amide bonds. The molecule has 1 saturated heterocycles. The fourth-order valence-corrected chi connectivity index (χ4v) is 3.30. The van der Waals surface area contributed by atoms with Gasteiger partial charge in [0.05, 0.1) is 23.9 Å². The molecule has 0 unspecified atom stereocenters. The van der Waals surface area contributed by atoms with Crippen molar-refractivity contribution in [2.24, 2.45) is 0 Å².